The van der Waals surface area contributed by atoms with Crippen LogP contribution in [0.5, 0.6) is 5.75 Å². The number of carbonyl (C=O) groups is 2. The van der Waals surface area contributed by atoms with Crippen LogP contribution in [-0.4, -0.2) is 30.1 Å². The molecule has 0 spiro atoms. The summed E-state index contributed by atoms with van der Waals surface area (Å²) in [6.45, 7) is 3.84. The molecule has 122 valence electrons. The van der Waals surface area contributed by atoms with E-state index in [1.165, 1.54) is 24.3 Å². The van der Waals surface area contributed by atoms with Gasteiger partial charge in [-0.05, 0) is 37.1 Å². The first-order valence-electron chi connectivity index (χ1n) is 7.32. The molecule has 0 aliphatic rings. The Kier molecular flexibility index (Phi) is 6.82. The molecule has 22 heavy (non-hydrogen) atoms. The van der Waals surface area contributed by atoms with Crippen molar-refractivity contribution in [3.63, 3.8) is 0 Å². The number of rotatable bonds is 9. The van der Waals surface area contributed by atoms with Crippen molar-refractivity contribution in [2.24, 2.45) is 5.41 Å². The Morgan fingerprint density at radius 2 is 1.82 bits per heavy atom. The fraction of sp³-hybridized carbons (Fsp3) is 0.500. The summed E-state index contributed by atoms with van der Waals surface area (Å²) in [5.74, 6) is -1.04. The van der Waals surface area contributed by atoms with Crippen molar-refractivity contribution in [2.45, 2.75) is 33.1 Å². The molecule has 0 saturated heterocycles. The van der Waals surface area contributed by atoms with E-state index < -0.39 is 11.4 Å². The van der Waals surface area contributed by atoms with Crippen LogP contribution in [-0.2, 0) is 9.59 Å². The maximum atomic E-state index is 12.7. The molecule has 0 fully saturated rings. The minimum absolute atomic E-state index is 0.102. The van der Waals surface area contributed by atoms with E-state index in [-0.39, 0.29) is 31.3 Å². The molecule has 1 rings (SSSR count). The van der Waals surface area contributed by atoms with E-state index in [1.54, 1.807) is 13.8 Å². The van der Waals surface area contributed by atoms with Crippen LogP contribution in [0.15, 0.2) is 24.3 Å². The molecule has 0 aromatic heterocycles. The molecule has 0 bridgehead atoms. The third-order valence-corrected chi connectivity index (χ3v) is 3.84. The van der Waals surface area contributed by atoms with E-state index in [4.69, 9.17) is 4.74 Å². The van der Waals surface area contributed by atoms with Crippen molar-refractivity contribution in [2.75, 3.05) is 13.2 Å². The number of carboxylic acid groups (broad SMARTS) is 1. The Bertz CT molecular complexity index is 497. The molecule has 0 aliphatic heterocycles. The Labute approximate surface area is 129 Å². The Morgan fingerprint density at radius 3 is 2.32 bits per heavy atom. The molecule has 6 heteroatoms. The zero-order chi connectivity index (χ0) is 16.6. The zero-order valence-corrected chi connectivity index (χ0v) is 12.9. The highest BCUT2D eigenvalue weighted by Crippen LogP contribution is 2.25. The maximum absolute atomic E-state index is 12.7. The van der Waals surface area contributed by atoms with E-state index in [0.717, 1.165) is 0 Å². The molecule has 2 N–H and O–H groups in total. The molecule has 0 unspecified atom stereocenters. The number of carboxylic acids is 1. The average Bonchev–Trinajstić information content (AvgIpc) is 2.50. The third-order valence-electron chi connectivity index (χ3n) is 3.84. The van der Waals surface area contributed by atoms with Crippen molar-refractivity contribution in [3.05, 3.63) is 30.1 Å². The molecule has 0 heterocycles. The number of amides is 1. The fourth-order valence-corrected chi connectivity index (χ4v) is 2.03. The lowest BCUT2D eigenvalue weighted by atomic mass is 9.82. The first kappa shape index (κ1) is 17.9. The topological polar surface area (TPSA) is 75.6 Å². The molecule has 5 nitrogen and oxygen atoms in total. The van der Waals surface area contributed by atoms with Crippen LogP contribution in [0.3, 0.4) is 0 Å². The number of nitrogens with one attached hydrogen (secondary N) is 1. The van der Waals surface area contributed by atoms with Crippen LogP contribution < -0.4 is 10.1 Å². The minimum atomic E-state index is -0.923. The largest absolute Gasteiger partial charge is 0.493 e. The Balaban J connectivity index is 2.37. The number of benzene rings is 1. The van der Waals surface area contributed by atoms with Crippen molar-refractivity contribution >= 4 is 11.9 Å². The number of hydrogen-bond donors (Lipinski definition) is 2. The van der Waals surface area contributed by atoms with Gasteiger partial charge in [-0.2, -0.15) is 0 Å². The second kappa shape index (κ2) is 8.36. The van der Waals surface area contributed by atoms with Gasteiger partial charge in [0.25, 0.3) is 0 Å². The van der Waals surface area contributed by atoms with Gasteiger partial charge in [-0.1, -0.05) is 13.8 Å². The molecule has 0 radical (unpaired) electrons. The van der Waals surface area contributed by atoms with E-state index in [0.29, 0.717) is 18.6 Å². The van der Waals surface area contributed by atoms with Crippen molar-refractivity contribution in [3.8, 4) is 5.75 Å². The van der Waals surface area contributed by atoms with E-state index in [2.05, 4.69) is 5.32 Å². The summed E-state index contributed by atoms with van der Waals surface area (Å²) < 4.78 is 18.0. The van der Waals surface area contributed by atoms with Crippen LogP contribution in [0.1, 0.15) is 33.1 Å². The predicted molar refractivity (Wildman–Crippen MR) is 80.2 cm³/mol. The second-order valence-corrected chi connectivity index (χ2v) is 5.12. The van der Waals surface area contributed by atoms with Gasteiger partial charge in [0.05, 0.1) is 18.4 Å². The summed E-state index contributed by atoms with van der Waals surface area (Å²) in [4.78, 5) is 23.1. The summed E-state index contributed by atoms with van der Waals surface area (Å²) in [5.41, 5.74) is -0.923. The van der Waals surface area contributed by atoms with Gasteiger partial charge < -0.3 is 15.2 Å². The summed E-state index contributed by atoms with van der Waals surface area (Å²) in [7, 11) is 0. The van der Waals surface area contributed by atoms with Crippen molar-refractivity contribution < 1.29 is 23.8 Å². The summed E-state index contributed by atoms with van der Waals surface area (Å²) in [6, 6.07) is 5.52. The van der Waals surface area contributed by atoms with Crippen LogP contribution in [0.4, 0.5) is 4.39 Å². The third kappa shape index (κ3) is 5.02. The highest BCUT2D eigenvalue weighted by atomic mass is 19.1. The normalized spacial score (nSPS) is 11.0. The number of hydrogen-bond acceptors (Lipinski definition) is 3. The highest BCUT2D eigenvalue weighted by molar-refractivity contribution is 5.79. The molecular weight excluding hydrogens is 289 g/mol. The number of ether oxygens (including phenoxy) is 1. The van der Waals surface area contributed by atoms with Crippen LogP contribution >= 0.6 is 0 Å². The van der Waals surface area contributed by atoms with Crippen LogP contribution in [0.25, 0.3) is 0 Å². The standard InChI is InChI=1S/C16H22FNO4/c1-3-16(4-2,15(20)21)11-18-14(19)9-10-22-13-7-5-12(17)6-8-13/h5-8H,3-4,9-11H2,1-2H3,(H,18,19)(H,20,21). The van der Waals surface area contributed by atoms with Gasteiger partial charge >= 0.3 is 5.97 Å². The first-order chi connectivity index (χ1) is 10.4. The van der Waals surface area contributed by atoms with Crippen LogP contribution in [0, 0.1) is 11.2 Å². The lowest BCUT2D eigenvalue weighted by molar-refractivity contribution is -0.149. The zero-order valence-electron chi connectivity index (χ0n) is 12.9. The monoisotopic (exact) mass is 311 g/mol. The van der Waals surface area contributed by atoms with Gasteiger partial charge in [0.1, 0.15) is 11.6 Å². The lowest BCUT2D eigenvalue weighted by Crippen LogP contribution is -2.42. The summed E-state index contributed by atoms with van der Waals surface area (Å²) in [5, 5.41) is 11.9. The molecule has 1 amide bonds. The van der Waals surface area contributed by atoms with E-state index in [9.17, 15) is 19.1 Å². The highest BCUT2D eigenvalue weighted by Gasteiger charge is 2.34. The van der Waals surface area contributed by atoms with Crippen molar-refractivity contribution in [1.82, 2.24) is 5.32 Å². The van der Waals surface area contributed by atoms with Gasteiger partial charge in [-0.3, -0.25) is 9.59 Å². The first-order valence-corrected chi connectivity index (χ1v) is 7.32. The Hall–Kier alpha value is -2.11. The quantitative estimate of drug-likeness (QED) is 0.735. The molecular formula is C16H22FNO4. The summed E-state index contributed by atoms with van der Waals surface area (Å²) in [6.07, 6.45) is 1.01. The predicted octanol–water partition coefficient (Wildman–Crippen LogP) is 2.60. The average molecular weight is 311 g/mol. The lowest BCUT2D eigenvalue weighted by Gasteiger charge is -2.26. The number of aliphatic carboxylic acids is 1. The maximum Gasteiger partial charge on any atom is 0.311 e. The number of carbonyl (C=O) groups excluding carboxylic acids is 1. The molecule has 1 aromatic carbocycles. The van der Waals surface area contributed by atoms with Crippen LogP contribution in [0.2, 0.25) is 0 Å². The second-order valence-electron chi connectivity index (χ2n) is 5.12. The van der Waals surface area contributed by atoms with E-state index >= 15 is 0 Å². The molecule has 0 saturated carbocycles. The molecule has 1 aromatic rings. The minimum Gasteiger partial charge on any atom is -0.493 e. The SMILES string of the molecule is CCC(CC)(CNC(=O)CCOc1ccc(F)cc1)C(=O)O. The van der Waals surface area contributed by atoms with Gasteiger partial charge in [-0.15, -0.1) is 0 Å². The van der Waals surface area contributed by atoms with Gasteiger partial charge in [0.15, 0.2) is 0 Å². The Morgan fingerprint density at radius 1 is 1.23 bits per heavy atom. The molecule has 0 aliphatic carbocycles. The van der Waals surface area contributed by atoms with Gasteiger partial charge in [0.2, 0.25) is 5.91 Å². The van der Waals surface area contributed by atoms with Gasteiger partial charge in [-0.25, -0.2) is 4.39 Å². The summed E-state index contributed by atoms with van der Waals surface area (Å²) >= 11 is 0. The molecule has 0 atom stereocenters. The van der Waals surface area contributed by atoms with Gasteiger partial charge in [0, 0.05) is 6.54 Å². The smallest absolute Gasteiger partial charge is 0.311 e. The van der Waals surface area contributed by atoms with E-state index in [1.807, 2.05) is 0 Å². The van der Waals surface area contributed by atoms with Crippen molar-refractivity contribution in [1.29, 1.82) is 0 Å². The fourth-order valence-electron chi connectivity index (χ4n) is 2.03. The number of halogens is 1.